The fraction of sp³-hybridized carbons (Fsp3) is 0.176. The Morgan fingerprint density at radius 2 is 1.83 bits per heavy atom. The lowest BCUT2D eigenvalue weighted by Crippen LogP contribution is -2.23. The fourth-order valence-corrected chi connectivity index (χ4v) is 2.95. The van der Waals surface area contributed by atoms with Gasteiger partial charge in [0.2, 0.25) is 5.91 Å². The molecule has 23 heavy (non-hydrogen) atoms. The van der Waals surface area contributed by atoms with E-state index in [0.29, 0.717) is 27.7 Å². The molecule has 118 valence electrons. The molecule has 0 bridgehead atoms. The zero-order chi connectivity index (χ0) is 16.4. The molecule has 3 rings (SSSR count). The van der Waals surface area contributed by atoms with Crippen molar-refractivity contribution in [3.8, 4) is 0 Å². The van der Waals surface area contributed by atoms with Crippen LogP contribution < -0.4 is 10.2 Å². The van der Waals surface area contributed by atoms with Crippen LogP contribution in [-0.2, 0) is 4.79 Å². The van der Waals surface area contributed by atoms with E-state index in [0.717, 1.165) is 18.7 Å². The maximum Gasteiger partial charge on any atom is 0.255 e. The summed E-state index contributed by atoms with van der Waals surface area (Å²) in [5.41, 5.74) is 1.81. The Labute approximate surface area is 144 Å². The summed E-state index contributed by atoms with van der Waals surface area (Å²) in [4.78, 5) is 25.7. The Morgan fingerprint density at radius 3 is 2.43 bits per heavy atom. The van der Waals surface area contributed by atoms with E-state index in [9.17, 15) is 9.59 Å². The second-order valence-corrected chi connectivity index (χ2v) is 6.12. The first-order valence-corrected chi connectivity index (χ1v) is 7.97. The van der Waals surface area contributed by atoms with Crippen LogP contribution in [-0.4, -0.2) is 18.4 Å². The van der Waals surface area contributed by atoms with E-state index < -0.39 is 0 Å². The monoisotopic (exact) mass is 348 g/mol. The maximum absolute atomic E-state index is 12.3. The van der Waals surface area contributed by atoms with Gasteiger partial charge in [0.25, 0.3) is 5.91 Å². The van der Waals surface area contributed by atoms with E-state index in [1.807, 2.05) is 0 Å². The third-order valence-electron chi connectivity index (χ3n) is 3.69. The topological polar surface area (TPSA) is 49.4 Å². The Balaban J connectivity index is 1.74. The highest BCUT2D eigenvalue weighted by Gasteiger charge is 2.21. The molecule has 1 aliphatic rings. The summed E-state index contributed by atoms with van der Waals surface area (Å²) in [7, 11) is 0. The molecule has 0 unspecified atom stereocenters. The van der Waals surface area contributed by atoms with Gasteiger partial charge in [0, 0.05) is 29.2 Å². The smallest absolute Gasteiger partial charge is 0.255 e. The number of hydrogen-bond donors (Lipinski definition) is 1. The average molecular weight is 349 g/mol. The van der Waals surface area contributed by atoms with Crippen molar-refractivity contribution in [1.29, 1.82) is 0 Å². The van der Waals surface area contributed by atoms with Crippen LogP contribution in [0.3, 0.4) is 0 Å². The first kappa shape index (κ1) is 15.8. The number of carbonyl (C=O) groups is 2. The fourth-order valence-electron chi connectivity index (χ4n) is 2.50. The van der Waals surface area contributed by atoms with E-state index in [-0.39, 0.29) is 11.8 Å². The number of rotatable bonds is 3. The van der Waals surface area contributed by atoms with Crippen molar-refractivity contribution in [2.45, 2.75) is 12.8 Å². The zero-order valence-corrected chi connectivity index (χ0v) is 13.7. The molecule has 0 aliphatic carbocycles. The second-order valence-electron chi connectivity index (χ2n) is 5.27. The molecule has 0 radical (unpaired) electrons. The molecule has 0 saturated carbocycles. The SMILES string of the molecule is O=C(Nc1ccc(Cl)cc1Cl)c1ccc(N2CCCC2=O)cc1. The summed E-state index contributed by atoms with van der Waals surface area (Å²) >= 11 is 11.9. The minimum atomic E-state index is -0.270. The first-order chi connectivity index (χ1) is 11.0. The number of nitrogens with one attached hydrogen (secondary N) is 1. The quantitative estimate of drug-likeness (QED) is 0.894. The first-order valence-electron chi connectivity index (χ1n) is 7.21. The normalized spacial score (nSPS) is 14.2. The van der Waals surface area contributed by atoms with Gasteiger partial charge in [-0.2, -0.15) is 0 Å². The van der Waals surface area contributed by atoms with Crippen molar-refractivity contribution in [1.82, 2.24) is 0 Å². The molecule has 1 fully saturated rings. The van der Waals surface area contributed by atoms with Crippen LogP contribution >= 0.6 is 23.2 Å². The van der Waals surface area contributed by atoms with Gasteiger partial charge < -0.3 is 10.2 Å². The zero-order valence-electron chi connectivity index (χ0n) is 12.2. The van der Waals surface area contributed by atoms with Crippen LogP contribution in [0.25, 0.3) is 0 Å². The summed E-state index contributed by atoms with van der Waals surface area (Å²) in [6.07, 6.45) is 1.45. The summed E-state index contributed by atoms with van der Waals surface area (Å²) in [5, 5.41) is 3.63. The van der Waals surface area contributed by atoms with Gasteiger partial charge in [-0.3, -0.25) is 9.59 Å². The lowest BCUT2D eigenvalue weighted by Gasteiger charge is -2.16. The summed E-state index contributed by atoms with van der Waals surface area (Å²) in [6, 6.07) is 11.8. The molecule has 0 aromatic heterocycles. The van der Waals surface area contributed by atoms with E-state index in [2.05, 4.69) is 5.32 Å². The lowest BCUT2D eigenvalue weighted by atomic mass is 10.1. The molecule has 1 N–H and O–H groups in total. The lowest BCUT2D eigenvalue weighted by molar-refractivity contribution is -0.117. The molecule has 6 heteroatoms. The van der Waals surface area contributed by atoms with E-state index in [1.165, 1.54) is 0 Å². The molecule has 0 atom stereocenters. The van der Waals surface area contributed by atoms with E-state index in [4.69, 9.17) is 23.2 Å². The number of carbonyl (C=O) groups excluding carboxylic acids is 2. The number of benzene rings is 2. The van der Waals surface area contributed by atoms with Crippen LogP contribution in [0.2, 0.25) is 10.0 Å². The van der Waals surface area contributed by atoms with Crippen LogP contribution in [0.5, 0.6) is 0 Å². The third kappa shape index (κ3) is 3.49. The largest absolute Gasteiger partial charge is 0.321 e. The Hall–Kier alpha value is -2.04. The van der Waals surface area contributed by atoms with Gasteiger partial charge in [0.1, 0.15) is 0 Å². The summed E-state index contributed by atoms with van der Waals surface area (Å²) in [5.74, 6) is -0.149. The number of nitrogens with zero attached hydrogens (tertiary/aromatic N) is 1. The van der Waals surface area contributed by atoms with E-state index in [1.54, 1.807) is 47.4 Å². The number of amides is 2. The molecule has 1 aliphatic heterocycles. The van der Waals surface area contributed by atoms with Crippen LogP contribution in [0.1, 0.15) is 23.2 Å². The number of anilines is 2. The summed E-state index contributed by atoms with van der Waals surface area (Å²) < 4.78 is 0. The molecular weight excluding hydrogens is 335 g/mol. The molecule has 1 saturated heterocycles. The van der Waals surface area contributed by atoms with Crippen LogP contribution in [0.15, 0.2) is 42.5 Å². The van der Waals surface area contributed by atoms with Crippen molar-refractivity contribution in [2.75, 3.05) is 16.8 Å². The second kappa shape index (κ2) is 6.60. The molecular formula is C17H14Cl2N2O2. The predicted octanol–water partition coefficient (Wildman–Crippen LogP) is 4.37. The average Bonchev–Trinajstić information content (AvgIpc) is 2.96. The minimum absolute atomic E-state index is 0.121. The molecule has 4 nitrogen and oxygen atoms in total. The van der Waals surface area contributed by atoms with Crippen molar-refractivity contribution in [2.24, 2.45) is 0 Å². The van der Waals surface area contributed by atoms with Gasteiger partial charge in [0.15, 0.2) is 0 Å². The Bertz CT molecular complexity index is 760. The highest BCUT2D eigenvalue weighted by molar-refractivity contribution is 6.36. The van der Waals surface area contributed by atoms with Gasteiger partial charge in [-0.25, -0.2) is 0 Å². The van der Waals surface area contributed by atoms with Gasteiger partial charge in [-0.1, -0.05) is 23.2 Å². The molecule has 0 spiro atoms. The standard InChI is InChI=1S/C17H14Cl2N2O2/c18-12-5-8-15(14(19)10-12)20-17(23)11-3-6-13(7-4-11)21-9-1-2-16(21)22/h3-8,10H,1-2,9H2,(H,20,23). The Kier molecular flexibility index (Phi) is 4.55. The molecule has 1 heterocycles. The maximum atomic E-state index is 12.3. The minimum Gasteiger partial charge on any atom is -0.321 e. The van der Waals surface area contributed by atoms with Gasteiger partial charge in [-0.05, 0) is 48.9 Å². The molecule has 2 aromatic rings. The highest BCUT2D eigenvalue weighted by atomic mass is 35.5. The number of hydrogen-bond acceptors (Lipinski definition) is 2. The van der Waals surface area contributed by atoms with Crippen LogP contribution in [0, 0.1) is 0 Å². The predicted molar refractivity (Wildman–Crippen MR) is 92.4 cm³/mol. The van der Waals surface area contributed by atoms with Crippen molar-refractivity contribution < 1.29 is 9.59 Å². The van der Waals surface area contributed by atoms with E-state index >= 15 is 0 Å². The Morgan fingerprint density at radius 1 is 1.09 bits per heavy atom. The van der Waals surface area contributed by atoms with Crippen molar-refractivity contribution >= 4 is 46.4 Å². The van der Waals surface area contributed by atoms with Crippen molar-refractivity contribution in [3.63, 3.8) is 0 Å². The third-order valence-corrected chi connectivity index (χ3v) is 4.24. The summed E-state index contributed by atoms with van der Waals surface area (Å²) in [6.45, 7) is 0.727. The molecule has 2 aromatic carbocycles. The van der Waals surface area contributed by atoms with Crippen molar-refractivity contribution in [3.05, 3.63) is 58.1 Å². The van der Waals surface area contributed by atoms with Crippen LogP contribution in [0.4, 0.5) is 11.4 Å². The molecule has 2 amide bonds. The van der Waals surface area contributed by atoms with Gasteiger partial charge in [0.05, 0.1) is 10.7 Å². The van der Waals surface area contributed by atoms with Gasteiger partial charge >= 0.3 is 0 Å². The number of halogens is 2. The van der Waals surface area contributed by atoms with Gasteiger partial charge in [-0.15, -0.1) is 0 Å². The highest BCUT2D eigenvalue weighted by Crippen LogP contribution is 2.26.